The Labute approximate surface area is 115 Å². The molecule has 0 aliphatic heterocycles. The lowest BCUT2D eigenvalue weighted by Crippen LogP contribution is -2.24. The zero-order chi connectivity index (χ0) is 14.3. The first-order chi connectivity index (χ1) is 9.02. The summed E-state index contributed by atoms with van der Waals surface area (Å²) in [5.74, 6) is 1.97. The Hall–Kier alpha value is -1.40. The fraction of sp³-hybridized carbons (Fsp3) is 0.692. The molecule has 6 nitrogen and oxygen atoms in total. The molecule has 1 rings (SSSR count). The molecule has 19 heavy (non-hydrogen) atoms. The second-order valence-corrected chi connectivity index (χ2v) is 4.78. The van der Waals surface area contributed by atoms with Crippen molar-refractivity contribution >= 4 is 11.6 Å². The van der Waals surface area contributed by atoms with Crippen molar-refractivity contribution < 1.29 is 4.74 Å². The molecule has 0 saturated carbocycles. The standard InChI is InChI=1S/C13H25N5O/c1-5-19-10-12-15-11(14)9-13(16-12)18(4)8-6-7-17(2)3/h9H,5-8,10H2,1-4H3,(H2,14,15,16). The molecular formula is C13H25N5O. The van der Waals surface area contributed by atoms with E-state index in [0.717, 1.165) is 25.3 Å². The van der Waals surface area contributed by atoms with E-state index in [-0.39, 0.29) is 0 Å². The van der Waals surface area contributed by atoms with Gasteiger partial charge in [0.1, 0.15) is 18.2 Å². The van der Waals surface area contributed by atoms with Crippen LogP contribution in [0.15, 0.2) is 6.07 Å². The van der Waals surface area contributed by atoms with Crippen LogP contribution in [0.4, 0.5) is 11.6 Å². The number of anilines is 2. The Bertz CT molecular complexity index is 383. The third-order valence-electron chi connectivity index (χ3n) is 2.70. The lowest BCUT2D eigenvalue weighted by atomic mass is 10.3. The minimum absolute atomic E-state index is 0.403. The van der Waals surface area contributed by atoms with Gasteiger partial charge in [-0.3, -0.25) is 0 Å². The van der Waals surface area contributed by atoms with Crippen LogP contribution in [0.25, 0.3) is 0 Å². The highest BCUT2D eigenvalue weighted by atomic mass is 16.5. The Balaban J connectivity index is 2.62. The van der Waals surface area contributed by atoms with E-state index >= 15 is 0 Å². The van der Waals surface area contributed by atoms with Crippen LogP contribution >= 0.6 is 0 Å². The van der Waals surface area contributed by atoms with Crippen molar-refractivity contribution in [3.05, 3.63) is 11.9 Å². The fourth-order valence-corrected chi connectivity index (χ4v) is 1.70. The minimum Gasteiger partial charge on any atom is -0.384 e. The lowest BCUT2D eigenvalue weighted by Gasteiger charge is -2.20. The average Bonchev–Trinajstić information content (AvgIpc) is 2.35. The molecule has 1 heterocycles. The Morgan fingerprint density at radius 1 is 1.21 bits per heavy atom. The van der Waals surface area contributed by atoms with Crippen molar-refractivity contribution in [1.29, 1.82) is 0 Å². The molecule has 1 aromatic rings. The highest BCUT2D eigenvalue weighted by Gasteiger charge is 2.07. The van der Waals surface area contributed by atoms with Gasteiger partial charge < -0.3 is 20.3 Å². The normalized spacial score (nSPS) is 11.0. The lowest BCUT2D eigenvalue weighted by molar-refractivity contribution is 0.128. The zero-order valence-corrected chi connectivity index (χ0v) is 12.4. The summed E-state index contributed by atoms with van der Waals surface area (Å²) < 4.78 is 5.32. The molecule has 0 saturated heterocycles. The quantitative estimate of drug-likeness (QED) is 0.757. The zero-order valence-electron chi connectivity index (χ0n) is 12.4. The number of ether oxygens (including phenoxy) is 1. The van der Waals surface area contributed by atoms with Crippen molar-refractivity contribution in [2.45, 2.75) is 20.0 Å². The summed E-state index contributed by atoms with van der Waals surface area (Å²) in [5.41, 5.74) is 5.80. The van der Waals surface area contributed by atoms with E-state index in [9.17, 15) is 0 Å². The molecule has 0 aromatic carbocycles. The number of nitrogens with zero attached hydrogens (tertiary/aromatic N) is 4. The molecule has 0 amide bonds. The Kier molecular flexibility index (Phi) is 6.52. The number of hydrogen-bond acceptors (Lipinski definition) is 6. The molecule has 6 heteroatoms. The van der Waals surface area contributed by atoms with Crippen molar-refractivity contribution in [2.75, 3.05) is 51.5 Å². The molecule has 0 fully saturated rings. The summed E-state index contributed by atoms with van der Waals surface area (Å²) in [6, 6.07) is 1.80. The van der Waals surface area contributed by atoms with Gasteiger partial charge in [0, 0.05) is 26.3 Å². The maximum absolute atomic E-state index is 5.80. The minimum atomic E-state index is 0.403. The molecule has 0 bridgehead atoms. The monoisotopic (exact) mass is 267 g/mol. The topological polar surface area (TPSA) is 67.5 Å². The summed E-state index contributed by atoms with van der Waals surface area (Å²) in [5, 5.41) is 0. The van der Waals surface area contributed by atoms with E-state index in [1.54, 1.807) is 6.07 Å². The SMILES string of the molecule is CCOCc1nc(N)cc(N(C)CCCN(C)C)n1. The molecule has 0 atom stereocenters. The first kappa shape index (κ1) is 15.7. The first-order valence-electron chi connectivity index (χ1n) is 6.60. The van der Waals surface area contributed by atoms with Gasteiger partial charge in [-0.1, -0.05) is 0 Å². The highest BCUT2D eigenvalue weighted by Crippen LogP contribution is 2.13. The van der Waals surface area contributed by atoms with Gasteiger partial charge in [0.2, 0.25) is 0 Å². The largest absolute Gasteiger partial charge is 0.384 e. The van der Waals surface area contributed by atoms with E-state index in [2.05, 4.69) is 33.9 Å². The second-order valence-electron chi connectivity index (χ2n) is 4.78. The van der Waals surface area contributed by atoms with Gasteiger partial charge in [0.05, 0.1) is 0 Å². The predicted octanol–water partition coefficient (Wildman–Crippen LogP) is 0.983. The van der Waals surface area contributed by atoms with Gasteiger partial charge in [-0.2, -0.15) is 0 Å². The highest BCUT2D eigenvalue weighted by molar-refractivity contribution is 5.46. The van der Waals surface area contributed by atoms with Crippen molar-refractivity contribution in [3.63, 3.8) is 0 Å². The maximum atomic E-state index is 5.80. The van der Waals surface area contributed by atoms with Crippen LogP contribution in [-0.4, -0.2) is 55.7 Å². The summed E-state index contributed by atoms with van der Waals surface area (Å²) in [4.78, 5) is 12.9. The second kappa shape index (κ2) is 7.91. The summed E-state index contributed by atoms with van der Waals surface area (Å²) in [6.45, 7) is 4.98. The van der Waals surface area contributed by atoms with Gasteiger partial charge in [-0.25, -0.2) is 9.97 Å². The number of rotatable bonds is 8. The van der Waals surface area contributed by atoms with E-state index in [0.29, 0.717) is 24.9 Å². The van der Waals surface area contributed by atoms with E-state index < -0.39 is 0 Å². The van der Waals surface area contributed by atoms with Crippen LogP contribution in [0.1, 0.15) is 19.2 Å². The third kappa shape index (κ3) is 5.85. The van der Waals surface area contributed by atoms with Crippen LogP contribution in [0.2, 0.25) is 0 Å². The first-order valence-corrected chi connectivity index (χ1v) is 6.60. The molecule has 0 radical (unpaired) electrons. The van der Waals surface area contributed by atoms with Gasteiger partial charge >= 0.3 is 0 Å². The molecule has 108 valence electrons. The number of nitrogens with two attached hydrogens (primary N) is 1. The van der Waals surface area contributed by atoms with Gasteiger partial charge in [0.25, 0.3) is 0 Å². The Morgan fingerprint density at radius 3 is 2.58 bits per heavy atom. The van der Waals surface area contributed by atoms with Crippen LogP contribution in [-0.2, 0) is 11.3 Å². The van der Waals surface area contributed by atoms with E-state index in [1.165, 1.54) is 0 Å². The van der Waals surface area contributed by atoms with Crippen LogP contribution in [0, 0.1) is 0 Å². The number of aromatic nitrogens is 2. The van der Waals surface area contributed by atoms with Gasteiger partial charge in [0.15, 0.2) is 5.82 Å². The van der Waals surface area contributed by atoms with Gasteiger partial charge in [-0.15, -0.1) is 0 Å². The predicted molar refractivity (Wildman–Crippen MR) is 78.2 cm³/mol. The van der Waals surface area contributed by atoms with Crippen LogP contribution in [0.3, 0.4) is 0 Å². The molecule has 1 aromatic heterocycles. The van der Waals surface area contributed by atoms with E-state index in [1.807, 2.05) is 14.0 Å². The van der Waals surface area contributed by atoms with Crippen LogP contribution < -0.4 is 10.6 Å². The molecule has 0 spiro atoms. The smallest absolute Gasteiger partial charge is 0.158 e. The van der Waals surface area contributed by atoms with Crippen LogP contribution in [0.5, 0.6) is 0 Å². The van der Waals surface area contributed by atoms with Crippen molar-refractivity contribution in [1.82, 2.24) is 14.9 Å². The van der Waals surface area contributed by atoms with Crippen molar-refractivity contribution in [3.8, 4) is 0 Å². The molecule has 0 aliphatic carbocycles. The summed E-state index contributed by atoms with van der Waals surface area (Å²) in [6.07, 6.45) is 1.08. The fourth-order valence-electron chi connectivity index (χ4n) is 1.70. The molecule has 0 aliphatic rings. The number of hydrogen-bond donors (Lipinski definition) is 1. The Morgan fingerprint density at radius 2 is 1.95 bits per heavy atom. The molecule has 0 unspecified atom stereocenters. The molecule has 2 N–H and O–H groups in total. The summed E-state index contributed by atoms with van der Waals surface area (Å²) >= 11 is 0. The number of nitrogen functional groups attached to an aromatic ring is 1. The summed E-state index contributed by atoms with van der Waals surface area (Å²) in [7, 11) is 6.16. The average molecular weight is 267 g/mol. The maximum Gasteiger partial charge on any atom is 0.158 e. The van der Waals surface area contributed by atoms with Gasteiger partial charge in [-0.05, 0) is 34.0 Å². The van der Waals surface area contributed by atoms with Crippen molar-refractivity contribution in [2.24, 2.45) is 0 Å². The molecular weight excluding hydrogens is 242 g/mol. The third-order valence-corrected chi connectivity index (χ3v) is 2.70. The van der Waals surface area contributed by atoms with E-state index in [4.69, 9.17) is 10.5 Å².